The number of hydrogen-bond acceptors (Lipinski definition) is 4. The van der Waals surface area contributed by atoms with Gasteiger partial charge in [0.15, 0.2) is 0 Å². The van der Waals surface area contributed by atoms with E-state index in [4.69, 9.17) is 10.5 Å². The van der Waals surface area contributed by atoms with Crippen molar-refractivity contribution in [3.63, 3.8) is 0 Å². The van der Waals surface area contributed by atoms with Crippen LogP contribution < -0.4 is 10.5 Å². The summed E-state index contributed by atoms with van der Waals surface area (Å²) in [6.45, 7) is 12.0. The van der Waals surface area contributed by atoms with Crippen LogP contribution in [0.3, 0.4) is 0 Å². The molecule has 2 aromatic carbocycles. The van der Waals surface area contributed by atoms with Crippen LogP contribution in [0.4, 0.5) is 5.82 Å². The first-order valence-electron chi connectivity index (χ1n) is 13.7. The molecule has 1 fully saturated rings. The molecule has 2 N–H and O–H groups in total. The Morgan fingerprint density at radius 2 is 1.41 bits per heavy atom. The van der Waals surface area contributed by atoms with E-state index >= 15 is 0 Å². The van der Waals surface area contributed by atoms with Gasteiger partial charge in [-0.25, -0.2) is 9.97 Å². The van der Waals surface area contributed by atoms with Gasteiger partial charge < -0.3 is 15.0 Å². The summed E-state index contributed by atoms with van der Waals surface area (Å²) in [5.41, 5.74) is 9.38. The topological polar surface area (TPSA) is 66.0 Å². The largest absolute Gasteiger partial charge is 0.457 e. The fourth-order valence-corrected chi connectivity index (χ4v) is 4.29. The number of para-hydroxylation sites is 1. The van der Waals surface area contributed by atoms with Gasteiger partial charge in [0.25, 0.3) is 0 Å². The second-order valence-electron chi connectivity index (χ2n) is 8.31. The summed E-state index contributed by atoms with van der Waals surface area (Å²) in [6.07, 6.45) is 14.0. The lowest BCUT2D eigenvalue weighted by molar-refractivity contribution is 0.360. The Bertz CT molecular complexity index is 1190. The van der Waals surface area contributed by atoms with Gasteiger partial charge in [0.05, 0.1) is 5.39 Å². The number of nitrogen functional groups attached to an aromatic ring is 1. The normalized spacial score (nSPS) is 13.0. The number of nitrogens with two attached hydrogens (primary N) is 1. The van der Waals surface area contributed by atoms with Gasteiger partial charge in [-0.2, -0.15) is 0 Å². The number of nitrogens with zero attached hydrogens (tertiary/aromatic N) is 3. The zero-order chi connectivity index (χ0) is 27.0. The first-order valence-corrected chi connectivity index (χ1v) is 13.7. The van der Waals surface area contributed by atoms with E-state index in [9.17, 15) is 0 Å². The number of allylic oxidation sites excluding steroid dienone is 2. The van der Waals surface area contributed by atoms with E-state index in [1.807, 2.05) is 96.2 Å². The quantitative estimate of drug-likeness (QED) is 0.283. The molecule has 37 heavy (non-hydrogen) atoms. The second-order valence-corrected chi connectivity index (χ2v) is 8.31. The smallest absolute Gasteiger partial charge is 0.146 e. The summed E-state index contributed by atoms with van der Waals surface area (Å²) in [6, 6.07) is 18.4. The van der Waals surface area contributed by atoms with Crippen LogP contribution in [0.25, 0.3) is 22.2 Å². The van der Waals surface area contributed by atoms with Crippen molar-refractivity contribution < 1.29 is 4.74 Å². The van der Waals surface area contributed by atoms with Crippen molar-refractivity contribution in [2.45, 2.75) is 79.7 Å². The molecule has 4 aromatic rings. The standard InChI is InChI=1S/C24H24N4O.C4H8.2C2H6/c25-23-22-21(15-28(24(22)27-16-26-23)18-7-3-1-4-8-18)17-11-13-20(14-12-17)29-19-9-5-2-6-10-19;1-3-4-2;2*1-2/h2,5-6,9-16,18H,1,3-4,7-8H2,(H2,25,26,27);3-4H,1-2H3;2*1-2H3/b;4-3-;;. The summed E-state index contributed by atoms with van der Waals surface area (Å²) in [7, 11) is 0. The highest BCUT2D eigenvalue weighted by Crippen LogP contribution is 2.38. The molecule has 0 amide bonds. The van der Waals surface area contributed by atoms with E-state index in [2.05, 4.69) is 32.9 Å². The fourth-order valence-electron chi connectivity index (χ4n) is 4.29. The number of benzene rings is 2. The molecule has 5 heteroatoms. The molecular formula is C32H44N4O. The molecule has 0 bridgehead atoms. The Morgan fingerprint density at radius 1 is 0.811 bits per heavy atom. The Labute approximate surface area is 223 Å². The van der Waals surface area contributed by atoms with E-state index in [1.165, 1.54) is 32.1 Å². The zero-order valence-corrected chi connectivity index (χ0v) is 23.4. The number of hydrogen-bond donors (Lipinski definition) is 1. The predicted molar refractivity (Wildman–Crippen MR) is 159 cm³/mol. The average Bonchev–Trinajstić information content (AvgIpc) is 3.38. The number of aromatic nitrogens is 3. The second kappa shape index (κ2) is 16.2. The summed E-state index contributed by atoms with van der Waals surface area (Å²) < 4.78 is 8.24. The molecule has 1 aliphatic rings. The maximum atomic E-state index is 6.28. The third-order valence-corrected chi connectivity index (χ3v) is 6.08. The van der Waals surface area contributed by atoms with Crippen LogP contribution in [0.1, 0.15) is 79.7 Å². The van der Waals surface area contributed by atoms with E-state index < -0.39 is 0 Å². The lowest BCUT2D eigenvalue weighted by Gasteiger charge is -2.23. The molecule has 0 spiro atoms. The van der Waals surface area contributed by atoms with Gasteiger partial charge in [-0.3, -0.25) is 0 Å². The van der Waals surface area contributed by atoms with E-state index in [0.717, 1.165) is 33.7 Å². The van der Waals surface area contributed by atoms with Crippen LogP contribution in [0, 0.1) is 0 Å². The minimum Gasteiger partial charge on any atom is -0.457 e. The molecule has 5 rings (SSSR count). The van der Waals surface area contributed by atoms with Crippen LogP contribution in [0.5, 0.6) is 11.5 Å². The van der Waals surface area contributed by atoms with Gasteiger partial charge >= 0.3 is 0 Å². The molecule has 2 aromatic heterocycles. The maximum absolute atomic E-state index is 6.28. The molecular weight excluding hydrogens is 456 g/mol. The number of anilines is 1. The minimum atomic E-state index is 0.481. The number of fused-ring (bicyclic) bond motifs is 1. The summed E-state index contributed by atoms with van der Waals surface area (Å²) >= 11 is 0. The Hall–Kier alpha value is -3.60. The Morgan fingerprint density at radius 3 is 2.00 bits per heavy atom. The minimum absolute atomic E-state index is 0.481. The van der Waals surface area contributed by atoms with Crippen LogP contribution in [0.15, 0.2) is 79.3 Å². The molecule has 1 saturated carbocycles. The SMILES string of the molecule is C/C=C\C.CC.CC.Nc1ncnc2c1c(-c1ccc(Oc3ccccc3)cc1)cn2C1CCCCC1. The lowest BCUT2D eigenvalue weighted by Crippen LogP contribution is -2.12. The number of rotatable bonds is 4. The maximum Gasteiger partial charge on any atom is 0.146 e. The van der Waals surface area contributed by atoms with Gasteiger partial charge in [0.2, 0.25) is 0 Å². The van der Waals surface area contributed by atoms with Crippen LogP contribution in [-0.4, -0.2) is 14.5 Å². The van der Waals surface area contributed by atoms with Gasteiger partial charge in [-0.1, -0.05) is 89.4 Å². The van der Waals surface area contributed by atoms with Gasteiger partial charge in [0, 0.05) is 17.8 Å². The van der Waals surface area contributed by atoms with Crippen molar-refractivity contribution in [1.82, 2.24) is 14.5 Å². The zero-order valence-electron chi connectivity index (χ0n) is 23.4. The molecule has 0 saturated heterocycles. The molecule has 1 aliphatic carbocycles. The van der Waals surface area contributed by atoms with Gasteiger partial charge in [-0.05, 0) is 56.5 Å². The molecule has 0 unspecified atom stereocenters. The van der Waals surface area contributed by atoms with E-state index in [-0.39, 0.29) is 0 Å². The molecule has 2 heterocycles. The predicted octanol–water partition coefficient (Wildman–Crippen LogP) is 9.61. The summed E-state index contributed by atoms with van der Waals surface area (Å²) in [5.74, 6) is 2.16. The molecule has 198 valence electrons. The summed E-state index contributed by atoms with van der Waals surface area (Å²) in [5, 5.41) is 0.940. The van der Waals surface area contributed by atoms with Gasteiger partial charge in [-0.15, -0.1) is 0 Å². The van der Waals surface area contributed by atoms with E-state index in [0.29, 0.717) is 11.9 Å². The van der Waals surface area contributed by atoms with Crippen molar-refractivity contribution in [2.75, 3.05) is 5.73 Å². The van der Waals surface area contributed by atoms with Gasteiger partial charge in [0.1, 0.15) is 29.3 Å². The first-order chi connectivity index (χ1) is 18.2. The molecule has 5 nitrogen and oxygen atoms in total. The monoisotopic (exact) mass is 500 g/mol. The lowest BCUT2D eigenvalue weighted by atomic mass is 9.95. The molecule has 0 atom stereocenters. The Balaban J connectivity index is 0.000000541. The summed E-state index contributed by atoms with van der Waals surface area (Å²) in [4.78, 5) is 8.84. The van der Waals surface area contributed by atoms with Crippen LogP contribution in [0.2, 0.25) is 0 Å². The van der Waals surface area contributed by atoms with E-state index in [1.54, 1.807) is 6.33 Å². The molecule has 0 radical (unpaired) electrons. The van der Waals surface area contributed by atoms with Crippen molar-refractivity contribution >= 4 is 16.9 Å². The number of ether oxygens (including phenoxy) is 1. The highest BCUT2D eigenvalue weighted by atomic mass is 16.5. The van der Waals surface area contributed by atoms with Crippen molar-refractivity contribution in [1.29, 1.82) is 0 Å². The fraction of sp³-hybridized carbons (Fsp3) is 0.375. The van der Waals surface area contributed by atoms with Crippen LogP contribution in [-0.2, 0) is 0 Å². The highest BCUT2D eigenvalue weighted by Gasteiger charge is 2.22. The van der Waals surface area contributed by atoms with Crippen molar-refractivity contribution in [3.05, 3.63) is 79.3 Å². The Kier molecular flexibility index (Phi) is 13.0. The van der Waals surface area contributed by atoms with Crippen LogP contribution >= 0.6 is 0 Å². The third-order valence-electron chi connectivity index (χ3n) is 6.08. The molecule has 0 aliphatic heterocycles. The van der Waals surface area contributed by atoms with Crippen molar-refractivity contribution in [3.8, 4) is 22.6 Å². The third kappa shape index (κ3) is 7.94. The average molecular weight is 501 g/mol. The van der Waals surface area contributed by atoms with Crippen molar-refractivity contribution in [2.24, 2.45) is 0 Å². The highest BCUT2D eigenvalue weighted by molar-refractivity contribution is 6.00. The first kappa shape index (κ1) is 29.6.